The monoisotopic (exact) mass is 566 g/mol. The average Bonchev–Trinajstić information content (AvgIpc) is 3.42. The van der Waals surface area contributed by atoms with Crippen molar-refractivity contribution >= 4 is 67.7 Å². The van der Waals surface area contributed by atoms with Gasteiger partial charge < -0.3 is 9.47 Å². The standard InChI is InChI=1S/C19H12BrClN6O6S/c20-11-5-15-14(32-8-33-15)4-10(11)7-22-24-16(28)6-17-25-26-19(34-17)23-18(29)9-1-2-13(27(30)31)12(21)3-9/h1-5,7H,6,8H2,(H,24,28)(H,23,26,29)/b22-7-. The number of nitro benzene ring substituents is 1. The van der Waals surface area contributed by atoms with E-state index in [1.807, 2.05) is 0 Å². The summed E-state index contributed by atoms with van der Waals surface area (Å²) in [6, 6.07) is 7.05. The minimum absolute atomic E-state index is 0.106. The highest BCUT2D eigenvalue weighted by atomic mass is 79.9. The Hall–Kier alpha value is -3.62. The van der Waals surface area contributed by atoms with E-state index in [-0.39, 0.29) is 34.6 Å². The van der Waals surface area contributed by atoms with Crippen molar-refractivity contribution in [1.29, 1.82) is 0 Å². The number of fused-ring (bicyclic) bond motifs is 1. The van der Waals surface area contributed by atoms with E-state index in [9.17, 15) is 19.7 Å². The van der Waals surface area contributed by atoms with Crippen molar-refractivity contribution in [2.24, 2.45) is 5.10 Å². The number of anilines is 1. The van der Waals surface area contributed by atoms with Crippen LogP contribution in [0.2, 0.25) is 5.02 Å². The van der Waals surface area contributed by atoms with Crippen LogP contribution in [-0.2, 0) is 11.2 Å². The third-order valence-corrected chi connectivity index (χ3v) is 6.12. The first-order chi connectivity index (χ1) is 16.3. The van der Waals surface area contributed by atoms with Crippen molar-refractivity contribution in [3.05, 3.63) is 66.1 Å². The lowest BCUT2D eigenvalue weighted by Gasteiger charge is -2.02. The second-order valence-corrected chi connectivity index (χ2v) is 8.90. The zero-order chi connectivity index (χ0) is 24.2. The van der Waals surface area contributed by atoms with Gasteiger partial charge in [0.2, 0.25) is 17.8 Å². The van der Waals surface area contributed by atoms with Crippen LogP contribution in [0.1, 0.15) is 20.9 Å². The third kappa shape index (κ3) is 5.47. The van der Waals surface area contributed by atoms with E-state index < -0.39 is 16.7 Å². The molecule has 2 N–H and O–H groups in total. The number of carbonyl (C=O) groups excluding carboxylic acids is 2. The van der Waals surface area contributed by atoms with Crippen molar-refractivity contribution in [2.75, 3.05) is 12.1 Å². The summed E-state index contributed by atoms with van der Waals surface area (Å²) in [6.45, 7) is 0.144. The van der Waals surface area contributed by atoms with Crippen molar-refractivity contribution in [1.82, 2.24) is 15.6 Å². The second-order valence-electron chi connectivity index (χ2n) is 6.58. The molecule has 0 saturated carbocycles. The molecule has 0 aliphatic carbocycles. The molecule has 15 heteroatoms. The van der Waals surface area contributed by atoms with Crippen LogP contribution in [-0.4, -0.2) is 39.9 Å². The predicted octanol–water partition coefficient (Wildman–Crippen LogP) is 3.54. The van der Waals surface area contributed by atoms with Gasteiger partial charge in [-0.25, -0.2) is 5.43 Å². The minimum atomic E-state index is -0.649. The van der Waals surface area contributed by atoms with E-state index in [1.165, 1.54) is 18.3 Å². The summed E-state index contributed by atoms with van der Waals surface area (Å²) in [4.78, 5) is 34.7. The van der Waals surface area contributed by atoms with Gasteiger partial charge in [0.05, 0.1) is 17.6 Å². The number of nitrogens with one attached hydrogen (secondary N) is 2. The predicted molar refractivity (Wildman–Crippen MR) is 126 cm³/mol. The first-order valence-electron chi connectivity index (χ1n) is 9.29. The number of hydrogen-bond acceptors (Lipinski definition) is 10. The fourth-order valence-corrected chi connectivity index (χ4v) is 4.13. The molecule has 3 aromatic rings. The molecule has 1 aromatic heterocycles. The quantitative estimate of drug-likeness (QED) is 0.249. The molecule has 0 atom stereocenters. The molecule has 0 bridgehead atoms. The fraction of sp³-hybridized carbons (Fsp3) is 0.105. The van der Waals surface area contributed by atoms with Crippen LogP contribution in [0, 0.1) is 10.1 Å². The topological polar surface area (TPSA) is 158 Å². The first-order valence-corrected chi connectivity index (χ1v) is 11.3. The van der Waals surface area contributed by atoms with Crippen LogP contribution in [0.4, 0.5) is 10.8 Å². The largest absolute Gasteiger partial charge is 0.454 e. The van der Waals surface area contributed by atoms with Crippen LogP contribution in [0.25, 0.3) is 0 Å². The van der Waals surface area contributed by atoms with Crippen LogP contribution < -0.4 is 20.2 Å². The van der Waals surface area contributed by atoms with Crippen LogP contribution in [0.15, 0.2) is 39.9 Å². The van der Waals surface area contributed by atoms with Crippen LogP contribution in [0.3, 0.4) is 0 Å². The van der Waals surface area contributed by atoms with Crippen molar-refractivity contribution in [3.63, 3.8) is 0 Å². The molecule has 34 heavy (non-hydrogen) atoms. The second kappa shape index (κ2) is 10.1. The zero-order valence-electron chi connectivity index (χ0n) is 16.8. The summed E-state index contributed by atoms with van der Waals surface area (Å²) in [7, 11) is 0. The van der Waals surface area contributed by atoms with Gasteiger partial charge in [0, 0.05) is 21.7 Å². The molecule has 2 aromatic carbocycles. The van der Waals surface area contributed by atoms with E-state index in [0.29, 0.717) is 26.5 Å². The molecule has 4 rings (SSSR count). The van der Waals surface area contributed by atoms with Gasteiger partial charge in [-0.15, -0.1) is 10.2 Å². The Morgan fingerprint density at radius 2 is 2.03 bits per heavy atom. The van der Waals surface area contributed by atoms with E-state index in [2.05, 4.69) is 42.0 Å². The van der Waals surface area contributed by atoms with Crippen LogP contribution >= 0.6 is 38.9 Å². The SMILES string of the molecule is O=C(Cc1nnc(NC(=O)c2ccc([N+](=O)[O-])c(Cl)c2)s1)N/N=C\c1cc2c(cc1Br)OCO2. The number of rotatable bonds is 7. The molecule has 1 aliphatic heterocycles. The Balaban J connectivity index is 1.32. The molecule has 0 saturated heterocycles. The van der Waals surface area contributed by atoms with Gasteiger partial charge in [-0.3, -0.25) is 25.0 Å². The molecule has 0 fully saturated rings. The Bertz CT molecular complexity index is 1330. The Kier molecular flexibility index (Phi) is 7.00. The lowest BCUT2D eigenvalue weighted by Crippen LogP contribution is -2.19. The van der Waals surface area contributed by atoms with E-state index >= 15 is 0 Å². The van der Waals surface area contributed by atoms with Gasteiger partial charge in [0.25, 0.3) is 11.6 Å². The molecule has 1 aliphatic rings. The minimum Gasteiger partial charge on any atom is -0.454 e. The summed E-state index contributed by atoms with van der Waals surface area (Å²) < 4.78 is 11.3. The molecular formula is C19H12BrClN6O6S. The fourth-order valence-electron chi connectivity index (χ4n) is 2.72. The summed E-state index contributed by atoms with van der Waals surface area (Å²) in [5.74, 6) is 0.173. The number of halogens is 2. The molecular weight excluding hydrogens is 556 g/mol. The first kappa shape index (κ1) is 23.5. The Morgan fingerprint density at radius 3 is 2.76 bits per heavy atom. The van der Waals surface area contributed by atoms with Gasteiger partial charge >= 0.3 is 0 Å². The molecule has 174 valence electrons. The van der Waals surface area contributed by atoms with Crippen molar-refractivity contribution in [2.45, 2.75) is 6.42 Å². The van der Waals surface area contributed by atoms with E-state index in [0.717, 1.165) is 17.4 Å². The van der Waals surface area contributed by atoms with Crippen molar-refractivity contribution in [3.8, 4) is 11.5 Å². The number of nitro groups is 1. The maximum atomic E-state index is 12.3. The van der Waals surface area contributed by atoms with E-state index in [1.54, 1.807) is 12.1 Å². The smallest absolute Gasteiger partial charge is 0.287 e. The number of amides is 2. The maximum absolute atomic E-state index is 12.3. The summed E-state index contributed by atoms with van der Waals surface area (Å²) in [6.07, 6.45) is 1.33. The number of ether oxygens (including phenoxy) is 2. The van der Waals surface area contributed by atoms with E-state index in [4.69, 9.17) is 21.1 Å². The molecule has 2 amide bonds. The summed E-state index contributed by atoms with van der Waals surface area (Å²) in [5.41, 5.74) is 2.86. The average molecular weight is 568 g/mol. The normalized spacial score (nSPS) is 12.1. The molecule has 2 heterocycles. The van der Waals surface area contributed by atoms with Crippen LogP contribution in [0.5, 0.6) is 11.5 Å². The van der Waals surface area contributed by atoms with Gasteiger partial charge in [0.15, 0.2) is 11.5 Å². The maximum Gasteiger partial charge on any atom is 0.287 e. The lowest BCUT2D eigenvalue weighted by atomic mass is 10.2. The van der Waals surface area contributed by atoms with Crippen molar-refractivity contribution < 1.29 is 24.0 Å². The number of carbonyl (C=O) groups is 2. The third-order valence-electron chi connectivity index (χ3n) is 4.29. The number of aromatic nitrogens is 2. The highest BCUT2D eigenvalue weighted by Crippen LogP contribution is 2.36. The number of nitrogens with zero attached hydrogens (tertiary/aromatic N) is 4. The van der Waals surface area contributed by atoms with Gasteiger partial charge in [-0.05, 0) is 40.2 Å². The lowest BCUT2D eigenvalue weighted by molar-refractivity contribution is -0.384. The van der Waals surface area contributed by atoms with Gasteiger partial charge in [-0.1, -0.05) is 22.9 Å². The number of hydrogen-bond donors (Lipinski definition) is 2. The Labute approximate surface area is 208 Å². The molecule has 0 spiro atoms. The zero-order valence-corrected chi connectivity index (χ0v) is 19.9. The molecule has 0 unspecified atom stereocenters. The van der Waals surface area contributed by atoms with Gasteiger partial charge in [0.1, 0.15) is 10.0 Å². The summed E-state index contributed by atoms with van der Waals surface area (Å²) in [5, 5.41) is 25.3. The molecule has 12 nitrogen and oxygen atoms in total. The highest BCUT2D eigenvalue weighted by molar-refractivity contribution is 9.10. The molecule has 0 radical (unpaired) electrons. The van der Waals surface area contributed by atoms with Gasteiger partial charge in [-0.2, -0.15) is 5.10 Å². The number of hydrazone groups is 1. The highest BCUT2D eigenvalue weighted by Gasteiger charge is 2.18. The number of benzene rings is 2. The summed E-state index contributed by atoms with van der Waals surface area (Å²) >= 11 is 10.2. The Morgan fingerprint density at radius 1 is 1.26 bits per heavy atom.